The van der Waals surface area contributed by atoms with Crippen LogP contribution >= 0.6 is 0 Å². The smallest absolute Gasteiger partial charge is 0.231 e. The fourth-order valence-corrected chi connectivity index (χ4v) is 4.82. The van der Waals surface area contributed by atoms with Gasteiger partial charge in [-0.05, 0) is 36.6 Å². The van der Waals surface area contributed by atoms with E-state index in [9.17, 15) is 17.6 Å². The summed E-state index contributed by atoms with van der Waals surface area (Å²) in [6, 6.07) is 3.41. The molecule has 8 nitrogen and oxygen atoms in total. The number of aromatic amines is 1. The summed E-state index contributed by atoms with van der Waals surface area (Å²) in [7, 11) is -3.83. The van der Waals surface area contributed by atoms with Crippen LogP contribution in [-0.4, -0.2) is 46.3 Å². The molecule has 0 unspecified atom stereocenters. The fourth-order valence-electron chi connectivity index (χ4n) is 3.81. The van der Waals surface area contributed by atoms with Crippen LogP contribution < -0.4 is 5.32 Å². The van der Waals surface area contributed by atoms with Crippen LogP contribution in [0.2, 0.25) is 0 Å². The minimum absolute atomic E-state index is 0.101. The lowest BCUT2D eigenvalue weighted by Gasteiger charge is -2.13. The molecule has 3 aromatic heterocycles. The van der Waals surface area contributed by atoms with Crippen molar-refractivity contribution < 1.29 is 22.0 Å². The van der Waals surface area contributed by atoms with E-state index in [-0.39, 0.29) is 23.3 Å². The Morgan fingerprint density at radius 1 is 1.32 bits per heavy atom. The first-order valence-corrected chi connectivity index (χ1v) is 11.3. The summed E-state index contributed by atoms with van der Waals surface area (Å²) in [6.45, 7) is 1.51. The van der Waals surface area contributed by atoms with Gasteiger partial charge in [0.1, 0.15) is 22.5 Å². The molecule has 1 amide bonds. The number of carbonyl (C=O) groups is 1. The summed E-state index contributed by atoms with van der Waals surface area (Å²) in [5, 5.41) is 9.58. The Kier molecular flexibility index (Phi) is 4.16. The predicted molar refractivity (Wildman–Crippen MR) is 110 cm³/mol. The average molecular weight is 445 g/mol. The van der Waals surface area contributed by atoms with E-state index in [0.717, 1.165) is 6.26 Å². The zero-order valence-electron chi connectivity index (χ0n) is 16.5. The largest absolute Gasteiger partial charge is 0.309 e. The maximum absolute atomic E-state index is 15.1. The molecule has 31 heavy (non-hydrogen) atoms. The van der Waals surface area contributed by atoms with Gasteiger partial charge >= 0.3 is 0 Å². The van der Waals surface area contributed by atoms with E-state index in [0.29, 0.717) is 22.2 Å². The summed E-state index contributed by atoms with van der Waals surface area (Å²) in [5.74, 6) is -1.59. The highest BCUT2D eigenvalue weighted by Gasteiger charge is 2.43. The lowest BCUT2D eigenvalue weighted by atomic mass is 9.97. The Hall–Kier alpha value is -3.34. The van der Waals surface area contributed by atoms with E-state index in [1.54, 1.807) is 28.9 Å². The third-order valence-electron chi connectivity index (χ3n) is 5.45. The molecule has 0 bridgehead atoms. The van der Waals surface area contributed by atoms with Gasteiger partial charge in [-0.1, -0.05) is 0 Å². The molecule has 2 atom stereocenters. The molecule has 11 heteroatoms. The Morgan fingerprint density at radius 2 is 2.06 bits per heavy atom. The molecule has 1 saturated carbocycles. The first-order valence-electron chi connectivity index (χ1n) is 9.44. The van der Waals surface area contributed by atoms with E-state index < -0.39 is 38.5 Å². The van der Waals surface area contributed by atoms with E-state index in [4.69, 9.17) is 0 Å². The second-order valence-corrected chi connectivity index (χ2v) is 9.68. The number of imidazole rings is 1. The van der Waals surface area contributed by atoms with Gasteiger partial charge < -0.3 is 9.72 Å². The second-order valence-electron chi connectivity index (χ2n) is 7.73. The van der Waals surface area contributed by atoms with Crippen LogP contribution in [0.3, 0.4) is 0 Å². The van der Waals surface area contributed by atoms with Crippen molar-refractivity contribution in [3.8, 4) is 11.1 Å². The molecule has 3 heterocycles. The second kappa shape index (κ2) is 6.58. The number of hydrogen-bond acceptors (Lipinski definition) is 5. The summed E-state index contributed by atoms with van der Waals surface area (Å²) in [4.78, 5) is 15.8. The predicted octanol–water partition coefficient (Wildman–Crippen LogP) is 3.03. The first kappa shape index (κ1) is 19.6. The SMILES string of the molecule is Cc1c(F)c(S(C)(=O)=O)c2[nH]ncc2c1-c1ccc2nc(NC(=O)[C@@H]3C[C@@H]3F)cn2c1. The van der Waals surface area contributed by atoms with Crippen molar-refractivity contribution in [2.45, 2.75) is 24.4 Å². The number of pyridine rings is 1. The molecule has 0 spiro atoms. The van der Waals surface area contributed by atoms with Crippen LogP contribution in [0.25, 0.3) is 27.7 Å². The van der Waals surface area contributed by atoms with Crippen molar-refractivity contribution in [1.82, 2.24) is 19.6 Å². The summed E-state index contributed by atoms with van der Waals surface area (Å²) >= 11 is 0. The minimum Gasteiger partial charge on any atom is -0.309 e. The third-order valence-corrected chi connectivity index (χ3v) is 6.58. The number of benzene rings is 1. The van der Waals surface area contributed by atoms with Gasteiger partial charge in [0.05, 0.1) is 23.8 Å². The maximum atomic E-state index is 15.1. The molecule has 160 valence electrons. The summed E-state index contributed by atoms with van der Waals surface area (Å²) < 4.78 is 54.1. The van der Waals surface area contributed by atoms with Crippen molar-refractivity contribution in [1.29, 1.82) is 0 Å². The van der Waals surface area contributed by atoms with Gasteiger partial charge in [0.15, 0.2) is 15.7 Å². The molecule has 1 aliphatic rings. The van der Waals surface area contributed by atoms with Gasteiger partial charge in [-0.2, -0.15) is 5.10 Å². The molecule has 2 N–H and O–H groups in total. The van der Waals surface area contributed by atoms with Gasteiger partial charge in [-0.15, -0.1) is 0 Å². The van der Waals surface area contributed by atoms with E-state index >= 15 is 4.39 Å². The van der Waals surface area contributed by atoms with Crippen molar-refractivity contribution >= 4 is 38.1 Å². The lowest BCUT2D eigenvalue weighted by Crippen LogP contribution is -2.15. The van der Waals surface area contributed by atoms with Crippen LogP contribution in [-0.2, 0) is 14.6 Å². The molecule has 0 radical (unpaired) electrons. The number of aromatic nitrogens is 4. The molecule has 1 fully saturated rings. The number of carbonyl (C=O) groups excluding carboxylic acids is 1. The van der Waals surface area contributed by atoms with Crippen molar-refractivity contribution in [2.75, 3.05) is 11.6 Å². The highest BCUT2D eigenvalue weighted by atomic mass is 32.2. The number of H-pyrrole nitrogens is 1. The van der Waals surface area contributed by atoms with Gasteiger partial charge in [0.2, 0.25) is 5.91 Å². The van der Waals surface area contributed by atoms with E-state index in [2.05, 4.69) is 20.5 Å². The normalized spacial score (nSPS) is 18.6. The molecule has 0 aliphatic heterocycles. The molecular weight excluding hydrogens is 428 g/mol. The molecule has 1 aromatic carbocycles. The summed E-state index contributed by atoms with van der Waals surface area (Å²) in [6.07, 6.45) is 4.80. The van der Waals surface area contributed by atoms with Crippen LogP contribution in [0.5, 0.6) is 0 Å². The number of rotatable bonds is 4. The first-order chi connectivity index (χ1) is 14.6. The molecule has 5 rings (SSSR count). The minimum atomic E-state index is -3.83. The number of alkyl halides is 1. The maximum Gasteiger partial charge on any atom is 0.231 e. The number of halogens is 2. The van der Waals surface area contributed by atoms with Crippen LogP contribution in [0, 0.1) is 18.7 Å². The molecule has 4 aromatic rings. The van der Waals surface area contributed by atoms with Crippen molar-refractivity contribution in [2.24, 2.45) is 5.92 Å². The van der Waals surface area contributed by atoms with E-state index in [1.807, 2.05) is 0 Å². The number of fused-ring (bicyclic) bond motifs is 2. The zero-order valence-corrected chi connectivity index (χ0v) is 17.3. The van der Waals surface area contributed by atoms with Crippen LogP contribution in [0.1, 0.15) is 12.0 Å². The Labute approximate surface area is 175 Å². The highest BCUT2D eigenvalue weighted by Crippen LogP contribution is 2.38. The number of nitrogens with zero attached hydrogens (tertiary/aromatic N) is 3. The van der Waals surface area contributed by atoms with Crippen LogP contribution in [0.4, 0.5) is 14.6 Å². The average Bonchev–Trinajstić information content (AvgIpc) is 3.07. The van der Waals surface area contributed by atoms with E-state index in [1.165, 1.54) is 13.1 Å². The molecule has 1 aliphatic carbocycles. The lowest BCUT2D eigenvalue weighted by molar-refractivity contribution is -0.117. The number of anilines is 1. The van der Waals surface area contributed by atoms with Crippen LogP contribution in [0.15, 0.2) is 35.6 Å². The third kappa shape index (κ3) is 3.16. The topological polar surface area (TPSA) is 109 Å². The standard InChI is InChI=1S/C20H17F2N5O3S/c1-9-16(12-6-23-26-18(12)19(17(9)22)31(2,29)30)10-3-4-15-24-14(8-27(15)7-10)25-20(28)11-5-13(11)21/h3-4,6-8,11,13H,5H2,1-2H3,(H,23,26)(H,25,28)/t11-,13+/m1/s1. The monoisotopic (exact) mass is 445 g/mol. The van der Waals surface area contributed by atoms with Crippen molar-refractivity contribution in [3.05, 3.63) is 42.1 Å². The number of sulfone groups is 1. The highest BCUT2D eigenvalue weighted by molar-refractivity contribution is 7.91. The molecular formula is C20H17F2N5O3S. The van der Waals surface area contributed by atoms with Gasteiger partial charge in [0.25, 0.3) is 0 Å². The zero-order chi connectivity index (χ0) is 22.1. The Balaban J connectivity index is 1.62. The van der Waals surface area contributed by atoms with Gasteiger partial charge in [-0.25, -0.2) is 22.2 Å². The Bertz CT molecular complexity index is 1490. The number of nitrogens with one attached hydrogen (secondary N) is 2. The fraction of sp³-hybridized carbons (Fsp3) is 0.250. The van der Waals surface area contributed by atoms with Crippen molar-refractivity contribution in [3.63, 3.8) is 0 Å². The summed E-state index contributed by atoms with van der Waals surface area (Å²) in [5.41, 5.74) is 1.90. The Morgan fingerprint density at radius 3 is 2.74 bits per heavy atom. The number of amides is 1. The quantitative estimate of drug-likeness (QED) is 0.502. The van der Waals surface area contributed by atoms with Gasteiger partial charge in [0, 0.05) is 23.4 Å². The number of hydrogen-bond donors (Lipinski definition) is 2. The molecule has 0 saturated heterocycles. The van der Waals surface area contributed by atoms with Gasteiger partial charge in [-0.3, -0.25) is 9.89 Å².